The van der Waals surface area contributed by atoms with Crippen LogP contribution in [0.25, 0.3) is 0 Å². The number of carbonyl (C=O) groups excluding carboxylic acids is 1. The number of aliphatic hydroxyl groups is 1. The van der Waals surface area contributed by atoms with Crippen molar-refractivity contribution >= 4 is 5.78 Å². The molecule has 0 amide bonds. The fourth-order valence-corrected chi connectivity index (χ4v) is 2.78. The average molecular weight is 222 g/mol. The summed E-state index contributed by atoms with van der Waals surface area (Å²) < 4.78 is 5.89. The number of hydrogen-bond acceptors (Lipinski definition) is 3. The SMILES string of the molecule is C=C[C@H]1OC(C)(C)[C@@H]2C[C@H]1C(C)=C(O)C2=O. The zero-order chi connectivity index (χ0) is 12.1. The van der Waals surface area contributed by atoms with Crippen molar-refractivity contribution in [3.05, 3.63) is 24.0 Å². The van der Waals surface area contributed by atoms with Crippen molar-refractivity contribution in [2.45, 2.75) is 38.9 Å². The first-order valence-electron chi connectivity index (χ1n) is 5.62. The number of aliphatic hydroxyl groups excluding tert-OH is 1. The van der Waals surface area contributed by atoms with E-state index >= 15 is 0 Å². The number of ether oxygens (including phenoxy) is 1. The van der Waals surface area contributed by atoms with Crippen LogP contribution in [0.15, 0.2) is 24.0 Å². The molecule has 0 aromatic rings. The number of carbonyl (C=O) groups is 1. The zero-order valence-corrected chi connectivity index (χ0v) is 9.99. The van der Waals surface area contributed by atoms with Gasteiger partial charge in [-0.05, 0) is 32.8 Å². The van der Waals surface area contributed by atoms with Gasteiger partial charge < -0.3 is 9.84 Å². The Hall–Kier alpha value is -1.09. The molecule has 2 aliphatic rings. The molecule has 1 N–H and O–H groups in total. The van der Waals surface area contributed by atoms with E-state index in [0.29, 0.717) is 0 Å². The number of rotatable bonds is 1. The van der Waals surface area contributed by atoms with E-state index in [1.165, 1.54) is 0 Å². The molecule has 1 fully saturated rings. The monoisotopic (exact) mass is 222 g/mol. The minimum atomic E-state index is -0.527. The molecule has 1 aliphatic carbocycles. The van der Waals surface area contributed by atoms with Crippen molar-refractivity contribution in [2.24, 2.45) is 11.8 Å². The summed E-state index contributed by atoms with van der Waals surface area (Å²) in [7, 11) is 0. The van der Waals surface area contributed by atoms with Crippen molar-refractivity contribution in [3.8, 4) is 0 Å². The molecule has 0 saturated carbocycles. The summed E-state index contributed by atoms with van der Waals surface area (Å²) in [6.45, 7) is 9.36. The lowest BCUT2D eigenvalue weighted by Crippen LogP contribution is -2.53. The van der Waals surface area contributed by atoms with Gasteiger partial charge in [0.25, 0.3) is 0 Å². The number of allylic oxidation sites excluding steroid dienone is 1. The van der Waals surface area contributed by atoms with Crippen LogP contribution in [0, 0.1) is 11.8 Å². The number of fused-ring (bicyclic) bond motifs is 2. The van der Waals surface area contributed by atoms with Gasteiger partial charge >= 0.3 is 0 Å². The summed E-state index contributed by atoms with van der Waals surface area (Å²) in [5.74, 6) is -0.392. The Labute approximate surface area is 95.8 Å². The Morgan fingerprint density at radius 2 is 2.19 bits per heavy atom. The third-order valence-corrected chi connectivity index (χ3v) is 3.88. The average Bonchev–Trinajstić information content (AvgIpc) is 2.23. The first-order valence-corrected chi connectivity index (χ1v) is 5.62. The number of hydrogen-bond donors (Lipinski definition) is 1. The van der Waals surface area contributed by atoms with Gasteiger partial charge in [-0.1, -0.05) is 6.08 Å². The molecule has 2 rings (SSSR count). The maximum atomic E-state index is 11.9. The van der Waals surface area contributed by atoms with Crippen molar-refractivity contribution in [1.82, 2.24) is 0 Å². The molecule has 2 bridgehead atoms. The predicted octanol–water partition coefficient (Wildman–Crippen LogP) is 2.39. The van der Waals surface area contributed by atoms with Gasteiger partial charge in [-0.25, -0.2) is 0 Å². The third-order valence-electron chi connectivity index (χ3n) is 3.88. The molecular formula is C13H18O3. The minimum absolute atomic E-state index is 0.0653. The highest BCUT2D eigenvalue weighted by atomic mass is 16.5. The molecule has 0 radical (unpaired) electrons. The number of Topliss-reactive ketones (excluding diaryl/α,β-unsaturated/α-hetero) is 1. The van der Waals surface area contributed by atoms with E-state index in [-0.39, 0.29) is 29.5 Å². The van der Waals surface area contributed by atoms with Crippen LogP contribution < -0.4 is 0 Å². The largest absolute Gasteiger partial charge is 0.504 e. The van der Waals surface area contributed by atoms with Crippen molar-refractivity contribution in [1.29, 1.82) is 0 Å². The standard InChI is InChI=1S/C13H18O3/c1-5-10-8-6-9(13(3,4)16-10)12(15)11(14)7(8)2/h5,8-10,14H,1,6H2,2-4H3/t8-,9+,10+/m0/s1. The third kappa shape index (κ3) is 1.42. The molecule has 3 atom stereocenters. The maximum absolute atomic E-state index is 11.9. The van der Waals surface area contributed by atoms with Gasteiger partial charge in [-0.2, -0.15) is 0 Å². The van der Waals surface area contributed by atoms with Gasteiger partial charge in [0, 0.05) is 5.92 Å². The highest BCUT2D eigenvalue weighted by Crippen LogP contribution is 2.45. The van der Waals surface area contributed by atoms with Crippen LogP contribution in [0.1, 0.15) is 27.2 Å². The zero-order valence-electron chi connectivity index (χ0n) is 9.99. The van der Waals surface area contributed by atoms with E-state index in [4.69, 9.17) is 4.74 Å². The van der Waals surface area contributed by atoms with Crippen molar-refractivity contribution in [3.63, 3.8) is 0 Å². The van der Waals surface area contributed by atoms with Gasteiger partial charge in [0.1, 0.15) is 0 Å². The first kappa shape index (κ1) is 11.4. The fourth-order valence-electron chi connectivity index (χ4n) is 2.78. The Morgan fingerprint density at radius 1 is 1.56 bits per heavy atom. The quantitative estimate of drug-likeness (QED) is 0.693. The van der Waals surface area contributed by atoms with Gasteiger partial charge in [0.2, 0.25) is 5.78 Å². The lowest BCUT2D eigenvalue weighted by atomic mass is 9.68. The molecular weight excluding hydrogens is 204 g/mol. The van der Waals surface area contributed by atoms with Crippen molar-refractivity contribution in [2.75, 3.05) is 0 Å². The fraction of sp³-hybridized carbons (Fsp3) is 0.615. The lowest BCUT2D eigenvalue weighted by molar-refractivity contribution is -0.164. The van der Waals surface area contributed by atoms with E-state index in [0.717, 1.165) is 12.0 Å². The van der Waals surface area contributed by atoms with Gasteiger partial charge in [-0.15, -0.1) is 6.58 Å². The summed E-state index contributed by atoms with van der Waals surface area (Å²) >= 11 is 0. The molecule has 0 unspecified atom stereocenters. The second-order valence-corrected chi connectivity index (χ2v) is 5.21. The Balaban J connectivity index is 2.48. The molecule has 0 aromatic carbocycles. The van der Waals surface area contributed by atoms with E-state index in [1.807, 2.05) is 13.8 Å². The van der Waals surface area contributed by atoms with E-state index in [1.54, 1.807) is 13.0 Å². The number of ketones is 1. The smallest absolute Gasteiger partial charge is 0.202 e. The van der Waals surface area contributed by atoms with Crippen LogP contribution in [-0.4, -0.2) is 22.6 Å². The van der Waals surface area contributed by atoms with Crippen LogP contribution in [0.5, 0.6) is 0 Å². The summed E-state index contributed by atoms with van der Waals surface area (Å²) in [6.07, 6.45) is 2.40. The Morgan fingerprint density at radius 3 is 2.75 bits per heavy atom. The Kier molecular flexibility index (Phi) is 2.46. The highest BCUT2D eigenvalue weighted by molar-refractivity contribution is 5.97. The van der Waals surface area contributed by atoms with Gasteiger partial charge in [0.15, 0.2) is 5.76 Å². The lowest BCUT2D eigenvalue weighted by Gasteiger charge is -2.48. The topological polar surface area (TPSA) is 46.5 Å². The summed E-state index contributed by atoms with van der Waals surface area (Å²) in [5, 5.41) is 9.84. The first-order chi connectivity index (χ1) is 7.38. The van der Waals surface area contributed by atoms with Crippen LogP contribution in [0.4, 0.5) is 0 Å². The maximum Gasteiger partial charge on any atom is 0.202 e. The van der Waals surface area contributed by atoms with Crippen LogP contribution in [-0.2, 0) is 9.53 Å². The second-order valence-electron chi connectivity index (χ2n) is 5.21. The minimum Gasteiger partial charge on any atom is -0.504 e. The summed E-state index contributed by atoms with van der Waals surface area (Å²) in [6, 6.07) is 0. The molecule has 16 heavy (non-hydrogen) atoms. The van der Waals surface area contributed by atoms with E-state index < -0.39 is 5.60 Å². The van der Waals surface area contributed by atoms with Gasteiger partial charge in [0.05, 0.1) is 17.6 Å². The summed E-state index contributed by atoms with van der Waals surface area (Å²) in [5.41, 5.74) is 0.211. The van der Waals surface area contributed by atoms with Crippen LogP contribution in [0.3, 0.4) is 0 Å². The molecule has 88 valence electrons. The molecule has 1 saturated heterocycles. The van der Waals surface area contributed by atoms with E-state index in [9.17, 15) is 9.90 Å². The molecule has 3 heteroatoms. The summed E-state index contributed by atoms with van der Waals surface area (Å²) in [4.78, 5) is 11.9. The molecule has 0 spiro atoms. The van der Waals surface area contributed by atoms with Crippen LogP contribution in [0.2, 0.25) is 0 Å². The van der Waals surface area contributed by atoms with Crippen molar-refractivity contribution < 1.29 is 14.6 Å². The second kappa shape index (κ2) is 3.45. The molecule has 3 nitrogen and oxygen atoms in total. The highest BCUT2D eigenvalue weighted by Gasteiger charge is 2.50. The molecule has 0 aromatic heterocycles. The Bertz CT molecular complexity index is 379. The molecule has 1 heterocycles. The predicted molar refractivity (Wildman–Crippen MR) is 61.1 cm³/mol. The normalized spacial score (nSPS) is 37.4. The van der Waals surface area contributed by atoms with E-state index in [2.05, 4.69) is 6.58 Å². The van der Waals surface area contributed by atoms with Gasteiger partial charge in [-0.3, -0.25) is 4.79 Å². The molecule has 1 aliphatic heterocycles. The van der Waals surface area contributed by atoms with Crippen LogP contribution >= 0.6 is 0 Å².